The normalized spacial score (nSPS) is 19.2. The molecular formula is C27H32N2O3S2. The van der Waals surface area contributed by atoms with E-state index in [9.17, 15) is 4.79 Å². The summed E-state index contributed by atoms with van der Waals surface area (Å²) in [7, 11) is 3.65. The minimum atomic E-state index is -0.170. The molecule has 0 spiro atoms. The Morgan fingerprint density at radius 1 is 1.21 bits per heavy atom. The van der Waals surface area contributed by atoms with Gasteiger partial charge in [0.2, 0.25) is 0 Å². The molecule has 5 nitrogen and oxygen atoms in total. The molecule has 1 saturated carbocycles. The Kier molecular flexibility index (Phi) is 7.25. The van der Waals surface area contributed by atoms with Gasteiger partial charge in [0, 0.05) is 23.7 Å². The van der Waals surface area contributed by atoms with E-state index in [2.05, 4.69) is 54.4 Å². The van der Waals surface area contributed by atoms with E-state index >= 15 is 0 Å². The number of hydrogen-bond donors (Lipinski definition) is 0. The maximum atomic E-state index is 11.8. The van der Waals surface area contributed by atoms with E-state index < -0.39 is 0 Å². The molecule has 1 aromatic heterocycles. The first kappa shape index (κ1) is 23.8. The van der Waals surface area contributed by atoms with Gasteiger partial charge in [0.25, 0.3) is 0 Å². The summed E-state index contributed by atoms with van der Waals surface area (Å²) in [6.45, 7) is 2.13. The van der Waals surface area contributed by atoms with Gasteiger partial charge in [-0.3, -0.25) is 4.79 Å². The molecule has 2 aliphatic rings. The third-order valence-corrected chi connectivity index (χ3v) is 9.36. The second-order valence-corrected chi connectivity index (χ2v) is 11.8. The maximum Gasteiger partial charge on any atom is 0.306 e. The second kappa shape index (κ2) is 10.4. The van der Waals surface area contributed by atoms with Gasteiger partial charge in [0.15, 0.2) is 0 Å². The number of carbonyl (C=O) groups is 1. The number of aromatic nitrogens is 1. The molecule has 5 rings (SSSR count). The van der Waals surface area contributed by atoms with E-state index in [1.54, 1.807) is 11.3 Å². The van der Waals surface area contributed by atoms with E-state index in [1.807, 2.05) is 17.8 Å². The average Bonchev–Trinajstić information content (AvgIpc) is 3.48. The molecule has 2 aromatic carbocycles. The Morgan fingerprint density at radius 2 is 2.00 bits per heavy atom. The minimum Gasteiger partial charge on any atom is -0.469 e. The van der Waals surface area contributed by atoms with Crippen LogP contribution in [0.4, 0.5) is 0 Å². The molecule has 0 bridgehead atoms. The quantitative estimate of drug-likeness (QED) is 0.270. The van der Waals surface area contributed by atoms with Crippen molar-refractivity contribution in [2.75, 3.05) is 33.0 Å². The molecule has 0 amide bonds. The van der Waals surface area contributed by atoms with Crippen molar-refractivity contribution in [3.05, 3.63) is 59.1 Å². The summed E-state index contributed by atoms with van der Waals surface area (Å²) in [6.07, 6.45) is 4.87. The Bertz CT molecular complexity index is 1100. The van der Waals surface area contributed by atoms with Crippen LogP contribution in [0.25, 0.3) is 10.2 Å². The first-order valence-electron chi connectivity index (χ1n) is 12.0. The zero-order valence-corrected chi connectivity index (χ0v) is 21.5. The third kappa shape index (κ3) is 5.65. The Morgan fingerprint density at radius 3 is 2.74 bits per heavy atom. The molecule has 1 aliphatic heterocycles. The molecule has 1 atom stereocenters. The molecule has 0 radical (unpaired) electrons. The first-order chi connectivity index (χ1) is 16.5. The van der Waals surface area contributed by atoms with Crippen LogP contribution in [0.3, 0.4) is 0 Å². The monoisotopic (exact) mass is 496 g/mol. The van der Waals surface area contributed by atoms with Crippen LogP contribution >= 0.6 is 23.1 Å². The summed E-state index contributed by atoms with van der Waals surface area (Å²) in [5.74, 6) is 0.835. The number of esters is 1. The van der Waals surface area contributed by atoms with Crippen LogP contribution in [0.5, 0.6) is 0 Å². The Hall–Kier alpha value is -1.93. The number of nitrogens with zero attached hydrogens (tertiary/aromatic N) is 2. The lowest BCUT2D eigenvalue weighted by molar-refractivity contribution is -0.141. The number of rotatable bonds is 9. The number of benzene rings is 2. The molecule has 2 fully saturated rings. The molecule has 2 heterocycles. The predicted octanol–water partition coefficient (Wildman–Crippen LogP) is 5.93. The van der Waals surface area contributed by atoms with Gasteiger partial charge in [-0.25, -0.2) is 4.98 Å². The molecular weight excluding hydrogens is 464 g/mol. The fourth-order valence-electron chi connectivity index (χ4n) is 4.53. The summed E-state index contributed by atoms with van der Waals surface area (Å²) >= 11 is 3.56. The number of thiazole rings is 1. The van der Waals surface area contributed by atoms with Crippen molar-refractivity contribution in [1.29, 1.82) is 0 Å². The van der Waals surface area contributed by atoms with Crippen molar-refractivity contribution >= 4 is 39.3 Å². The van der Waals surface area contributed by atoms with E-state index in [4.69, 9.17) is 14.5 Å². The van der Waals surface area contributed by atoms with Crippen molar-refractivity contribution in [2.24, 2.45) is 5.41 Å². The lowest BCUT2D eigenvalue weighted by Gasteiger charge is -2.31. The second-order valence-electron chi connectivity index (χ2n) is 9.65. The molecule has 3 aromatic rings. The van der Waals surface area contributed by atoms with E-state index in [-0.39, 0.29) is 23.6 Å². The predicted molar refractivity (Wildman–Crippen MR) is 139 cm³/mol. The van der Waals surface area contributed by atoms with Crippen LogP contribution in [0.1, 0.15) is 48.8 Å². The highest BCUT2D eigenvalue weighted by Crippen LogP contribution is 2.52. The van der Waals surface area contributed by atoms with Gasteiger partial charge in [-0.1, -0.05) is 24.3 Å². The maximum absolute atomic E-state index is 11.8. The lowest BCUT2D eigenvalue weighted by atomic mass is 10.1. The highest BCUT2D eigenvalue weighted by atomic mass is 32.2. The smallest absolute Gasteiger partial charge is 0.306 e. The molecule has 7 heteroatoms. The molecule has 34 heavy (non-hydrogen) atoms. The lowest BCUT2D eigenvalue weighted by Crippen LogP contribution is -2.35. The topological polar surface area (TPSA) is 51.7 Å². The number of likely N-dealkylation sites (tertiary alicyclic amines) is 1. The van der Waals surface area contributed by atoms with Gasteiger partial charge in [-0.15, -0.1) is 23.1 Å². The van der Waals surface area contributed by atoms with Gasteiger partial charge in [0.1, 0.15) is 11.1 Å². The van der Waals surface area contributed by atoms with Crippen LogP contribution < -0.4 is 0 Å². The van der Waals surface area contributed by atoms with Crippen molar-refractivity contribution in [3.8, 4) is 0 Å². The van der Waals surface area contributed by atoms with Crippen LogP contribution in [0, 0.1) is 5.41 Å². The molecule has 180 valence electrons. The first-order valence-corrected chi connectivity index (χ1v) is 13.8. The highest BCUT2D eigenvalue weighted by molar-refractivity contribution is 7.99. The number of para-hydroxylation sites is 1. The number of piperidine rings is 1. The van der Waals surface area contributed by atoms with Crippen LogP contribution in [0.2, 0.25) is 0 Å². The fraction of sp³-hybridized carbons (Fsp3) is 0.481. The summed E-state index contributed by atoms with van der Waals surface area (Å²) in [5.41, 5.74) is 2.29. The summed E-state index contributed by atoms with van der Waals surface area (Å²) < 4.78 is 12.9. The summed E-state index contributed by atoms with van der Waals surface area (Å²) in [5, 5.41) is 1.02. The van der Waals surface area contributed by atoms with E-state index in [1.165, 1.54) is 16.7 Å². The van der Waals surface area contributed by atoms with E-state index in [0.29, 0.717) is 6.42 Å². The van der Waals surface area contributed by atoms with Crippen molar-refractivity contribution in [3.63, 3.8) is 0 Å². The fourth-order valence-corrected chi connectivity index (χ4v) is 6.82. The number of fused-ring (bicyclic) bond motifs is 1. The van der Waals surface area contributed by atoms with Crippen LogP contribution in [-0.2, 0) is 14.3 Å². The van der Waals surface area contributed by atoms with Gasteiger partial charge < -0.3 is 14.4 Å². The summed E-state index contributed by atoms with van der Waals surface area (Å²) in [4.78, 5) is 20.3. The SMILES string of the molecule is COC(=O)CC1(CSc2cccc(C(OC3CCN(C)CC3)c3nc4ccccc4s3)c2)CC1. The van der Waals surface area contributed by atoms with E-state index in [0.717, 1.165) is 60.6 Å². The minimum absolute atomic E-state index is 0.102. The third-order valence-electron chi connectivity index (χ3n) is 6.94. The Labute approximate surface area is 209 Å². The van der Waals surface area contributed by atoms with Crippen molar-refractivity contribution in [2.45, 2.75) is 49.2 Å². The number of ether oxygens (including phenoxy) is 2. The van der Waals surface area contributed by atoms with Gasteiger partial charge in [0.05, 0.1) is 29.9 Å². The molecule has 1 aliphatic carbocycles. The number of methoxy groups -OCH3 is 1. The van der Waals surface area contributed by atoms with Crippen molar-refractivity contribution < 1.29 is 14.3 Å². The average molecular weight is 497 g/mol. The molecule has 0 N–H and O–H groups in total. The van der Waals surface area contributed by atoms with Crippen LogP contribution in [-0.4, -0.2) is 55.0 Å². The Balaban J connectivity index is 1.37. The molecule has 1 saturated heterocycles. The molecule has 1 unspecified atom stereocenters. The zero-order valence-electron chi connectivity index (χ0n) is 19.9. The van der Waals surface area contributed by atoms with Gasteiger partial charge in [-0.05, 0) is 68.0 Å². The standard InChI is InChI=1S/C27H32N2O3S2/c1-29-14-10-20(11-15-29)32-25(26-28-22-8-3-4-9-23(22)34-26)19-6-5-7-21(16-19)33-18-27(12-13-27)17-24(30)31-2/h3-9,16,20,25H,10-15,17-18H2,1-2H3. The van der Waals surface area contributed by atoms with Gasteiger partial charge >= 0.3 is 5.97 Å². The number of hydrogen-bond acceptors (Lipinski definition) is 7. The van der Waals surface area contributed by atoms with Crippen molar-refractivity contribution in [1.82, 2.24) is 9.88 Å². The largest absolute Gasteiger partial charge is 0.469 e. The number of thioether (sulfide) groups is 1. The summed E-state index contributed by atoms with van der Waals surface area (Å²) in [6, 6.07) is 17.0. The number of carbonyl (C=O) groups excluding carboxylic acids is 1. The highest BCUT2D eigenvalue weighted by Gasteiger charge is 2.44. The van der Waals surface area contributed by atoms with Crippen LogP contribution in [0.15, 0.2) is 53.4 Å². The zero-order chi connectivity index (χ0) is 23.5. The van der Waals surface area contributed by atoms with Gasteiger partial charge in [-0.2, -0.15) is 0 Å².